The Balaban J connectivity index is 1.66. The molecule has 0 spiro atoms. The minimum Gasteiger partial charge on any atom is -0.353 e. The van der Waals surface area contributed by atoms with Crippen LogP contribution >= 0.6 is 0 Å². The molecular formula is C16H19N3O2. The number of hydrogen-bond acceptors (Lipinski definition) is 3. The van der Waals surface area contributed by atoms with Crippen LogP contribution in [0.25, 0.3) is 10.9 Å². The van der Waals surface area contributed by atoms with Gasteiger partial charge in [-0.3, -0.25) is 14.2 Å². The zero-order valence-electron chi connectivity index (χ0n) is 12.1. The highest BCUT2D eigenvalue weighted by Gasteiger charge is 2.28. The summed E-state index contributed by atoms with van der Waals surface area (Å²) in [4.78, 5) is 28.4. The zero-order valence-corrected chi connectivity index (χ0v) is 12.1. The fourth-order valence-corrected chi connectivity index (χ4v) is 2.53. The van der Waals surface area contributed by atoms with Gasteiger partial charge < -0.3 is 5.32 Å². The number of fused-ring (bicyclic) bond motifs is 1. The number of para-hydroxylation sites is 1. The van der Waals surface area contributed by atoms with Crippen LogP contribution in [-0.4, -0.2) is 21.5 Å². The van der Waals surface area contributed by atoms with Crippen molar-refractivity contribution in [3.63, 3.8) is 0 Å². The number of benzene rings is 1. The molecule has 1 aromatic carbocycles. The number of aryl methyl sites for hydroxylation is 1. The predicted molar refractivity (Wildman–Crippen MR) is 80.9 cm³/mol. The SMILES string of the molecule is C[C@H](NC(=O)CCn1cnc2ccccc2c1=O)C1CC1. The van der Waals surface area contributed by atoms with E-state index in [0.717, 1.165) is 0 Å². The molecule has 0 unspecified atom stereocenters. The van der Waals surface area contributed by atoms with Gasteiger partial charge in [-0.05, 0) is 37.8 Å². The van der Waals surface area contributed by atoms with E-state index in [9.17, 15) is 9.59 Å². The van der Waals surface area contributed by atoms with Crippen LogP contribution in [0.4, 0.5) is 0 Å². The Labute approximate surface area is 123 Å². The van der Waals surface area contributed by atoms with Gasteiger partial charge in [-0.25, -0.2) is 4.98 Å². The van der Waals surface area contributed by atoms with Gasteiger partial charge in [0.15, 0.2) is 0 Å². The third kappa shape index (κ3) is 3.12. The third-order valence-electron chi connectivity index (χ3n) is 4.03. The number of hydrogen-bond donors (Lipinski definition) is 1. The van der Waals surface area contributed by atoms with Crippen molar-refractivity contribution in [3.8, 4) is 0 Å². The summed E-state index contributed by atoms with van der Waals surface area (Å²) >= 11 is 0. The molecule has 0 radical (unpaired) electrons. The molecule has 2 aromatic rings. The Morgan fingerprint density at radius 3 is 2.95 bits per heavy atom. The molecule has 1 atom stereocenters. The van der Waals surface area contributed by atoms with Crippen LogP contribution in [0.5, 0.6) is 0 Å². The van der Waals surface area contributed by atoms with Crippen molar-refractivity contribution in [2.75, 3.05) is 0 Å². The van der Waals surface area contributed by atoms with Gasteiger partial charge in [0.2, 0.25) is 5.91 Å². The molecule has 5 heteroatoms. The fraction of sp³-hybridized carbons (Fsp3) is 0.438. The molecule has 21 heavy (non-hydrogen) atoms. The number of nitrogens with zero attached hydrogens (tertiary/aromatic N) is 2. The third-order valence-corrected chi connectivity index (χ3v) is 4.03. The first kappa shape index (κ1) is 13.8. The van der Waals surface area contributed by atoms with Crippen LogP contribution in [0.2, 0.25) is 0 Å². The van der Waals surface area contributed by atoms with E-state index >= 15 is 0 Å². The number of carbonyl (C=O) groups is 1. The minimum absolute atomic E-state index is 0.00513. The highest BCUT2D eigenvalue weighted by atomic mass is 16.2. The Morgan fingerprint density at radius 2 is 2.19 bits per heavy atom. The lowest BCUT2D eigenvalue weighted by Gasteiger charge is -2.13. The Bertz CT molecular complexity index is 719. The van der Waals surface area contributed by atoms with Gasteiger partial charge in [-0.15, -0.1) is 0 Å². The van der Waals surface area contributed by atoms with Crippen LogP contribution in [0.3, 0.4) is 0 Å². The van der Waals surface area contributed by atoms with E-state index in [0.29, 0.717) is 29.8 Å². The van der Waals surface area contributed by atoms with Crippen LogP contribution in [0.1, 0.15) is 26.2 Å². The lowest BCUT2D eigenvalue weighted by Crippen LogP contribution is -2.35. The van der Waals surface area contributed by atoms with Gasteiger partial charge in [-0.2, -0.15) is 0 Å². The van der Waals surface area contributed by atoms with E-state index in [-0.39, 0.29) is 17.5 Å². The average molecular weight is 285 g/mol. The van der Waals surface area contributed by atoms with Crippen LogP contribution < -0.4 is 10.9 Å². The molecule has 1 aliphatic carbocycles. The van der Waals surface area contributed by atoms with Crippen molar-refractivity contribution >= 4 is 16.8 Å². The Kier molecular flexibility index (Phi) is 3.73. The van der Waals surface area contributed by atoms with Crippen molar-refractivity contribution in [1.82, 2.24) is 14.9 Å². The summed E-state index contributed by atoms with van der Waals surface area (Å²) in [5, 5.41) is 3.58. The molecule has 1 fully saturated rings. The lowest BCUT2D eigenvalue weighted by molar-refractivity contribution is -0.122. The van der Waals surface area contributed by atoms with Gasteiger partial charge >= 0.3 is 0 Å². The van der Waals surface area contributed by atoms with Gasteiger partial charge in [-0.1, -0.05) is 12.1 Å². The summed E-state index contributed by atoms with van der Waals surface area (Å²) < 4.78 is 1.50. The highest BCUT2D eigenvalue weighted by Crippen LogP contribution is 2.32. The van der Waals surface area contributed by atoms with Gasteiger partial charge in [0.25, 0.3) is 5.56 Å². The van der Waals surface area contributed by atoms with E-state index in [1.165, 1.54) is 23.7 Å². The second-order valence-corrected chi connectivity index (χ2v) is 5.70. The molecule has 5 nitrogen and oxygen atoms in total. The van der Waals surface area contributed by atoms with E-state index in [2.05, 4.69) is 10.3 Å². The number of nitrogens with one attached hydrogen (secondary N) is 1. The van der Waals surface area contributed by atoms with Crippen molar-refractivity contribution in [2.45, 2.75) is 38.8 Å². The molecule has 0 bridgehead atoms. The first-order valence-electron chi connectivity index (χ1n) is 7.38. The normalized spacial score (nSPS) is 15.9. The van der Waals surface area contributed by atoms with E-state index in [1.807, 2.05) is 25.1 Å². The van der Waals surface area contributed by atoms with Crippen molar-refractivity contribution in [3.05, 3.63) is 40.9 Å². The summed E-state index contributed by atoms with van der Waals surface area (Å²) in [5.74, 6) is 0.633. The molecule has 0 aliphatic heterocycles. The first-order valence-corrected chi connectivity index (χ1v) is 7.38. The molecule has 0 saturated heterocycles. The van der Waals surface area contributed by atoms with Crippen LogP contribution in [-0.2, 0) is 11.3 Å². The summed E-state index contributed by atoms with van der Waals surface area (Å²) in [5.41, 5.74) is 0.592. The summed E-state index contributed by atoms with van der Waals surface area (Å²) in [6, 6.07) is 7.48. The fourth-order valence-electron chi connectivity index (χ4n) is 2.53. The van der Waals surface area contributed by atoms with Crippen molar-refractivity contribution in [1.29, 1.82) is 0 Å². The molecule has 110 valence electrons. The molecule has 1 amide bonds. The number of rotatable bonds is 5. The minimum atomic E-state index is -0.0939. The van der Waals surface area contributed by atoms with E-state index in [1.54, 1.807) is 6.07 Å². The summed E-state index contributed by atoms with van der Waals surface area (Å²) in [6.45, 7) is 2.40. The van der Waals surface area contributed by atoms with Crippen LogP contribution in [0.15, 0.2) is 35.4 Å². The Hall–Kier alpha value is -2.17. The number of amides is 1. The molecule has 1 aliphatic rings. The van der Waals surface area contributed by atoms with E-state index in [4.69, 9.17) is 0 Å². The number of aromatic nitrogens is 2. The maximum atomic E-state index is 12.3. The maximum absolute atomic E-state index is 12.3. The van der Waals surface area contributed by atoms with Crippen molar-refractivity contribution in [2.24, 2.45) is 5.92 Å². The Morgan fingerprint density at radius 1 is 1.43 bits per heavy atom. The number of carbonyl (C=O) groups excluding carboxylic acids is 1. The molecule has 3 rings (SSSR count). The van der Waals surface area contributed by atoms with Crippen LogP contribution in [0, 0.1) is 5.92 Å². The van der Waals surface area contributed by atoms with Gasteiger partial charge in [0, 0.05) is 19.0 Å². The lowest BCUT2D eigenvalue weighted by atomic mass is 10.2. The molecule has 1 heterocycles. The van der Waals surface area contributed by atoms with E-state index < -0.39 is 0 Å². The van der Waals surface area contributed by atoms with Gasteiger partial charge in [0.1, 0.15) is 0 Å². The predicted octanol–water partition coefficient (Wildman–Crippen LogP) is 1.70. The summed E-state index contributed by atoms with van der Waals surface area (Å²) in [7, 11) is 0. The topological polar surface area (TPSA) is 64.0 Å². The zero-order chi connectivity index (χ0) is 14.8. The summed E-state index contributed by atoms with van der Waals surface area (Å²) in [6.07, 6.45) is 4.23. The molecule has 1 saturated carbocycles. The molecule has 1 aromatic heterocycles. The largest absolute Gasteiger partial charge is 0.353 e. The van der Waals surface area contributed by atoms with Gasteiger partial charge in [0.05, 0.1) is 17.2 Å². The maximum Gasteiger partial charge on any atom is 0.261 e. The second-order valence-electron chi connectivity index (χ2n) is 5.70. The molecular weight excluding hydrogens is 266 g/mol. The average Bonchev–Trinajstić information content (AvgIpc) is 3.31. The standard InChI is InChI=1S/C16H19N3O2/c1-11(12-6-7-12)18-15(20)8-9-19-10-17-14-5-3-2-4-13(14)16(19)21/h2-5,10-12H,6-9H2,1H3,(H,18,20)/t11-/m0/s1. The quantitative estimate of drug-likeness (QED) is 0.909. The second kappa shape index (κ2) is 5.68. The smallest absolute Gasteiger partial charge is 0.261 e. The van der Waals surface area contributed by atoms with Crippen molar-refractivity contribution < 1.29 is 4.79 Å². The first-order chi connectivity index (χ1) is 10.1. The molecule has 1 N–H and O–H groups in total. The highest BCUT2D eigenvalue weighted by molar-refractivity contribution is 5.77. The monoisotopic (exact) mass is 285 g/mol.